The van der Waals surface area contributed by atoms with Crippen LogP contribution in [-0.2, 0) is 15.1 Å². The van der Waals surface area contributed by atoms with Crippen LogP contribution in [0.15, 0.2) is 42.5 Å². The van der Waals surface area contributed by atoms with Gasteiger partial charge in [-0.3, -0.25) is 4.79 Å². The van der Waals surface area contributed by atoms with Gasteiger partial charge in [-0.1, -0.05) is 41.9 Å². The van der Waals surface area contributed by atoms with Crippen molar-refractivity contribution in [2.24, 2.45) is 17.6 Å². The second-order valence-electron chi connectivity index (χ2n) is 10.9. The second-order valence-corrected chi connectivity index (χ2v) is 11.3. The highest BCUT2D eigenvalue weighted by molar-refractivity contribution is 6.32. The summed E-state index contributed by atoms with van der Waals surface area (Å²) >= 11 is 6.70. The SMILES string of the molecule is COCCCCC(O)(c1cccc(Cl)c1Oc1ccccc1C)[C@@H]1CCCN(C(=O)[C@H]2C[C@@H](N)[C@@H](O)C2)C1. The molecule has 1 unspecified atom stereocenters. The summed E-state index contributed by atoms with van der Waals surface area (Å²) in [5.74, 6) is 0.664. The highest BCUT2D eigenvalue weighted by Crippen LogP contribution is 2.47. The number of para-hydroxylation sites is 2. The maximum Gasteiger partial charge on any atom is 0.225 e. The van der Waals surface area contributed by atoms with Crippen LogP contribution in [0.3, 0.4) is 0 Å². The predicted molar refractivity (Wildman–Crippen MR) is 148 cm³/mol. The normalized spacial score (nSPS) is 25.3. The van der Waals surface area contributed by atoms with Crippen LogP contribution in [0.2, 0.25) is 5.02 Å². The lowest BCUT2D eigenvalue weighted by molar-refractivity contribution is -0.141. The average molecular weight is 545 g/mol. The van der Waals surface area contributed by atoms with E-state index in [1.807, 2.05) is 48.2 Å². The Balaban J connectivity index is 1.65. The van der Waals surface area contributed by atoms with Crippen molar-refractivity contribution in [3.63, 3.8) is 0 Å². The minimum atomic E-state index is -1.26. The molecule has 7 nitrogen and oxygen atoms in total. The van der Waals surface area contributed by atoms with Crippen molar-refractivity contribution in [1.82, 2.24) is 4.90 Å². The third-order valence-corrected chi connectivity index (χ3v) is 8.53. The Morgan fingerprint density at radius 2 is 1.97 bits per heavy atom. The van der Waals surface area contributed by atoms with E-state index in [1.165, 1.54) is 0 Å². The summed E-state index contributed by atoms with van der Waals surface area (Å²) in [7, 11) is 1.67. The topological polar surface area (TPSA) is 105 Å². The van der Waals surface area contributed by atoms with E-state index in [2.05, 4.69) is 0 Å². The van der Waals surface area contributed by atoms with Crippen molar-refractivity contribution in [3.05, 3.63) is 58.6 Å². The van der Waals surface area contributed by atoms with Crippen molar-refractivity contribution in [2.75, 3.05) is 26.8 Å². The van der Waals surface area contributed by atoms with Crippen LogP contribution in [0.25, 0.3) is 0 Å². The zero-order valence-electron chi connectivity index (χ0n) is 22.4. The second kappa shape index (κ2) is 12.8. The average Bonchev–Trinajstić information content (AvgIpc) is 3.26. The van der Waals surface area contributed by atoms with E-state index in [-0.39, 0.29) is 23.8 Å². The number of carbonyl (C=O) groups is 1. The van der Waals surface area contributed by atoms with Crippen molar-refractivity contribution < 1.29 is 24.5 Å². The molecule has 2 aliphatic rings. The lowest BCUT2D eigenvalue weighted by Gasteiger charge is -2.44. The third kappa shape index (κ3) is 6.35. The van der Waals surface area contributed by atoms with Gasteiger partial charge in [-0.05, 0) is 69.6 Å². The molecule has 0 bridgehead atoms. The zero-order chi connectivity index (χ0) is 27.3. The number of benzene rings is 2. The van der Waals surface area contributed by atoms with Crippen LogP contribution >= 0.6 is 11.6 Å². The Labute approximate surface area is 230 Å². The molecule has 8 heteroatoms. The smallest absolute Gasteiger partial charge is 0.225 e. The van der Waals surface area contributed by atoms with Crippen LogP contribution in [0.4, 0.5) is 0 Å². The first-order valence-electron chi connectivity index (χ1n) is 13.7. The minimum absolute atomic E-state index is 0.0194. The number of carbonyl (C=O) groups excluding carboxylic acids is 1. The molecule has 1 aliphatic heterocycles. The summed E-state index contributed by atoms with van der Waals surface area (Å²) < 4.78 is 11.6. The fourth-order valence-electron chi connectivity index (χ4n) is 6.01. The molecule has 5 atom stereocenters. The summed E-state index contributed by atoms with van der Waals surface area (Å²) in [4.78, 5) is 15.3. The van der Waals surface area contributed by atoms with Gasteiger partial charge in [0.2, 0.25) is 5.91 Å². The standard InChI is InChI=1S/C30H41ClN2O5/c1-20-9-3-4-13-27(20)38-28-23(11-7-12-24(28)31)30(36,14-5-6-16-37-2)22-10-8-15-33(19-22)29(35)21-17-25(32)26(34)18-21/h3-4,7,9,11-13,21-22,25-26,34,36H,5-6,8,10,14-19,32H2,1-2H3/t21-,22+,25+,26-,30?/m0/s1. The quantitative estimate of drug-likeness (QED) is 0.372. The number of aliphatic hydroxyl groups excluding tert-OH is 1. The van der Waals surface area contributed by atoms with E-state index in [9.17, 15) is 15.0 Å². The van der Waals surface area contributed by atoms with Crippen molar-refractivity contribution in [3.8, 4) is 11.5 Å². The van der Waals surface area contributed by atoms with Gasteiger partial charge in [0.1, 0.15) is 5.75 Å². The lowest BCUT2D eigenvalue weighted by Crippen LogP contribution is -2.49. The fraction of sp³-hybridized carbons (Fsp3) is 0.567. The number of nitrogens with zero attached hydrogens (tertiary/aromatic N) is 1. The Bertz CT molecular complexity index is 1090. The molecule has 1 heterocycles. The summed E-state index contributed by atoms with van der Waals surface area (Å²) in [5, 5.41) is 23.1. The van der Waals surface area contributed by atoms with Crippen molar-refractivity contribution in [1.29, 1.82) is 0 Å². The molecule has 2 aromatic rings. The van der Waals surface area contributed by atoms with E-state index in [0.29, 0.717) is 61.0 Å². The monoisotopic (exact) mass is 544 g/mol. The Morgan fingerprint density at radius 3 is 2.68 bits per heavy atom. The summed E-state index contributed by atoms with van der Waals surface area (Å²) in [6.45, 7) is 3.65. The molecule has 2 aromatic carbocycles. The van der Waals surface area contributed by atoms with Crippen LogP contribution in [0.1, 0.15) is 56.1 Å². The van der Waals surface area contributed by atoms with E-state index in [0.717, 1.165) is 31.2 Å². The number of piperidine rings is 1. The molecule has 4 N–H and O–H groups in total. The van der Waals surface area contributed by atoms with Gasteiger partial charge in [-0.15, -0.1) is 0 Å². The predicted octanol–water partition coefficient (Wildman–Crippen LogP) is 4.78. The maximum atomic E-state index is 13.4. The van der Waals surface area contributed by atoms with Crippen LogP contribution in [-0.4, -0.2) is 60.0 Å². The van der Waals surface area contributed by atoms with E-state index >= 15 is 0 Å². The number of aliphatic hydroxyl groups is 2. The highest BCUT2D eigenvalue weighted by Gasteiger charge is 2.45. The molecule has 0 aromatic heterocycles. The van der Waals surface area contributed by atoms with Crippen LogP contribution in [0.5, 0.6) is 11.5 Å². The number of unbranched alkanes of at least 4 members (excludes halogenated alkanes) is 1. The highest BCUT2D eigenvalue weighted by atomic mass is 35.5. The van der Waals surface area contributed by atoms with Gasteiger partial charge in [-0.2, -0.15) is 0 Å². The number of rotatable bonds is 10. The molecule has 4 rings (SSSR count). The number of nitrogens with two attached hydrogens (primary N) is 1. The number of halogens is 1. The number of methoxy groups -OCH3 is 1. The van der Waals surface area contributed by atoms with Gasteiger partial charge in [0.15, 0.2) is 5.75 Å². The Morgan fingerprint density at radius 1 is 1.18 bits per heavy atom. The number of amides is 1. The number of hydrogen-bond acceptors (Lipinski definition) is 6. The fourth-order valence-corrected chi connectivity index (χ4v) is 6.22. The van der Waals surface area contributed by atoms with Crippen molar-refractivity contribution >= 4 is 17.5 Å². The Kier molecular flexibility index (Phi) is 9.71. The molecule has 1 saturated carbocycles. The number of likely N-dealkylation sites (tertiary alicyclic amines) is 1. The molecule has 208 valence electrons. The molecule has 1 amide bonds. The van der Waals surface area contributed by atoms with Gasteiger partial charge in [-0.25, -0.2) is 0 Å². The minimum Gasteiger partial charge on any atom is -0.455 e. The molecule has 2 fully saturated rings. The molecule has 38 heavy (non-hydrogen) atoms. The van der Waals surface area contributed by atoms with Crippen molar-refractivity contribution in [2.45, 2.75) is 69.6 Å². The van der Waals surface area contributed by atoms with Gasteiger partial charge in [0, 0.05) is 50.2 Å². The first kappa shape index (κ1) is 28.8. The molecule has 1 saturated heterocycles. The summed E-state index contributed by atoms with van der Waals surface area (Å²) in [6.07, 6.45) is 3.84. The van der Waals surface area contributed by atoms with Gasteiger partial charge >= 0.3 is 0 Å². The summed E-state index contributed by atoms with van der Waals surface area (Å²) in [6, 6.07) is 12.9. The number of hydrogen-bond donors (Lipinski definition) is 3. The maximum absolute atomic E-state index is 13.4. The lowest BCUT2D eigenvalue weighted by atomic mass is 9.73. The van der Waals surface area contributed by atoms with Crippen LogP contribution < -0.4 is 10.5 Å². The zero-order valence-corrected chi connectivity index (χ0v) is 23.2. The molecule has 0 radical (unpaired) electrons. The van der Waals surface area contributed by atoms with E-state index in [1.54, 1.807) is 13.2 Å². The first-order chi connectivity index (χ1) is 18.2. The Hall–Kier alpha value is -2.16. The summed E-state index contributed by atoms with van der Waals surface area (Å²) in [5.41, 5.74) is 6.34. The van der Waals surface area contributed by atoms with Gasteiger partial charge in [0.25, 0.3) is 0 Å². The largest absolute Gasteiger partial charge is 0.455 e. The van der Waals surface area contributed by atoms with E-state index < -0.39 is 11.7 Å². The molecule has 0 spiro atoms. The molecule has 1 aliphatic carbocycles. The van der Waals surface area contributed by atoms with Gasteiger partial charge < -0.3 is 30.3 Å². The number of ether oxygens (including phenoxy) is 2. The first-order valence-corrected chi connectivity index (χ1v) is 14.1. The molecular formula is C30H41ClN2O5. The number of aryl methyl sites for hydroxylation is 1. The molecular weight excluding hydrogens is 504 g/mol. The van der Waals surface area contributed by atoms with Gasteiger partial charge in [0.05, 0.1) is 16.7 Å². The third-order valence-electron chi connectivity index (χ3n) is 8.23. The van der Waals surface area contributed by atoms with E-state index in [4.69, 9.17) is 26.8 Å². The van der Waals surface area contributed by atoms with Crippen LogP contribution in [0, 0.1) is 18.8 Å².